The Morgan fingerprint density at radius 3 is 2.39 bits per heavy atom. The molecule has 1 heterocycles. The molecule has 28 heavy (non-hydrogen) atoms. The fourth-order valence-electron chi connectivity index (χ4n) is 2.39. The number of nitrogens with one attached hydrogen (secondary N) is 2. The van der Waals surface area contributed by atoms with Gasteiger partial charge in [-0.25, -0.2) is 0 Å². The quantitative estimate of drug-likeness (QED) is 0.311. The second kappa shape index (κ2) is 8.92. The zero-order chi connectivity index (χ0) is 20.4. The van der Waals surface area contributed by atoms with Crippen LogP contribution >= 0.6 is 67.3 Å². The van der Waals surface area contributed by atoms with Crippen LogP contribution in [0.1, 0.15) is 11.1 Å². The third kappa shape index (κ3) is 4.93. The van der Waals surface area contributed by atoms with Crippen LogP contribution in [0.15, 0.2) is 44.9 Å². The normalized spacial score (nSPS) is 13.9. The van der Waals surface area contributed by atoms with Crippen molar-refractivity contribution >= 4 is 90.3 Å². The molecule has 0 unspecified atom stereocenters. The maximum absolute atomic E-state index is 12.1. The van der Waals surface area contributed by atoms with E-state index in [0.717, 1.165) is 10.0 Å². The van der Waals surface area contributed by atoms with Crippen LogP contribution in [0, 0.1) is 0 Å². The second-order valence-corrected chi connectivity index (χ2v) is 8.65. The first-order valence-electron chi connectivity index (χ1n) is 7.68. The first-order chi connectivity index (χ1) is 13.2. The Kier molecular flexibility index (Phi) is 6.77. The summed E-state index contributed by atoms with van der Waals surface area (Å²) in [4.78, 5) is 24.3. The Hall–Kier alpha value is -1.45. The summed E-state index contributed by atoms with van der Waals surface area (Å²) in [6.07, 6.45) is 1.43. The van der Waals surface area contributed by atoms with Crippen LogP contribution in [0.2, 0.25) is 10.0 Å². The maximum Gasteiger partial charge on any atom is 0.263 e. The predicted molar refractivity (Wildman–Crippen MR) is 119 cm³/mol. The van der Waals surface area contributed by atoms with E-state index in [-0.39, 0.29) is 17.3 Å². The molecule has 0 aliphatic carbocycles. The molecular weight excluding hydrogens is 555 g/mol. The molecule has 1 aliphatic heterocycles. The smallest absolute Gasteiger partial charge is 0.263 e. The predicted octanol–water partition coefficient (Wildman–Crippen LogP) is 5.01. The van der Waals surface area contributed by atoms with E-state index in [2.05, 4.69) is 42.5 Å². The van der Waals surface area contributed by atoms with Crippen LogP contribution in [-0.4, -0.2) is 16.9 Å². The summed E-state index contributed by atoms with van der Waals surface area (Å²) in [6, 6.07) is 8.62. The lowest BCUT2D eigenvalue weighted by atomic mass is 10.1. The van der Waals surface area contributed by atoms with Gasteiger partial charge in [0.25, 0.3) is 11.8 Å². The highest BCUT2D eigenvalue weighted by molar-refractivity contribution is 9.11. The summed E-state index contributed by atoms with van der Waals surface area (Å²) in [7, 11) is 0. The Morgan fingerprint density at radius 2 is 1.75 bits per heavy atom. The summed E-state index contributed by atoms with van der Waals surface area (Å²) in [5.41, 5.74) is 1.16. The first kappa shape index (κ1) is 21.3. The van der Waals surface area contributed by atoms with Crippen LogP contribution in [0.3, 0.4) is 0 Å². The third-order valence-electron chi connectivity index (χ3n) is 3.67. The van der Waals surface area contributed by atoms with Gasteiger partial charge in [0.15, 0.2) is 5.11 Å². The molecule has 10 heteroatoms. The van der Waals surface area contributed by atoms with Gasteiger partial charge in [-0.15, -0.1) is 0 Å². The topological polar surface area (TPSA) is 67.4 Å². The molecule has 144 valence electrons. The minimum atomic E-state index is -0.587. The monoisotopic (exact) mass is 562 g/mol. The summed E-state index contributed by atoms with van der Waals surface area (Å²) in [5.74, 6) is -0.733. The molecule has 2 N–H and O–H groups in total. The van der Waals surface area contributed by atoms with E-state index in [1.165, 1.54) is 6.08 Å². The SMILES string of the molecule is O=C1NC(=S)NC(=O)C1=Cc1cc(Br)cc(Br)c1OCc1ccc(Cl)cc1Cl. The molecule has 0 aromatic heterocycles. The van der Waals surface area contributed by atoms with Crippen LogP contribution in [0.5, 0.6) is 5.75 Å². The first-order valence-corrected chi connectivity index (χ1v) is 10.4. The molecular formula is C18H10Br2Cl2N2O3S. The zero-order valence-electron chi connectivity index (χ0n) is 13.8. The average molecular weight is 565 g/mol. The molecule has 1 saturated heterocycles. The maximum atomic E-state index is 12.1. The van der Waals surface area contributed by atoms with Gasteiger partial charge in [-0.2, -0.15) is 0 Å². The minimum absolute atomic E-state index is 0.0311. The second-order valence-electron chi connectivity index (χ2n) is 5.63. The van der Waals surface area contributed by atoms with E-state index in [1.807, 2.05) is 0 Å². The highest BCUT2D eigenvalue weighted by atomic mass is 79.9. The molecule has 0 bridgehead atoms. The van der Waals surface area contributed by atoms with Crippen molar-refractivity contribution in [2.24, 2.45) is 0 Å². The molecule has 1 fully saturated rings. The van der Waals surface area contributed by atoms with Crippen molar-refractivity contribution in [2.75, 3.05) is 0 Å². The Labute approximate surface area is 192 Å². The van der Waals surface area contributed by atoms with Gasteiger partial charge in [-0.3, -0.25) is 20.2 Å². The Morgan fingerprint density at radius 1 is 1.07 bits per heavy atom. The van der Waals surface area contributed by atoms with Crippen LogP contribution in [0.25, 0.3) is 6.08 Å². The summed E-state index contributed by atoms with van der Waals surface area (Å²) < 4.78 is 7.30. The zero-order valence-corrected chi connectivity index (χ0v) is 19.3. The number of halogens is 4. The van der Waals surface area contributed by atoms with Crippen LogP contribution in [0.4, 0.5) is 0 Å². The molecule has 2 aromatic rings. The third-order valence-corrected chi connectivity index (χ3v) is 5.51. The largest absolute Gasteiger partial charge is 0.487 e. The average Bonchev–Trinajstić information content (AvgIpc) is 2.58. The number of amides is 2. The molecule has 0 spiro atoms. The summed E-state index contributed by atoms with van der Waals surface area (Å²) in [5, 5.41) is 5.76. The number of carbonyl (C=O) groups excluding carboxylic acids is 2. The van der Waals surface area contributed by atoms with Gasteiger partial charge in [-0.1, -0.05) is 45.2 Å². The van der Waals surface area contributed by atoms with Crippen molar-refractivity contribution in [2.45, 2.75) is 6.61 Å². The number of rotatable bonds is 4. The lowest BCUT2D eigenvalue weighted by Gasteiger charge is -2.18. The number of hydrogen-bond acceptors (Lipinski definition) is 4. The number of carbonyl (C=O) groups is 2. The van der Waals surface area contributed by atoms with E-state index < -0.39 is 11.8 Å². The van der Waals surface area contributed by atoms with Crippen LogP contribution in [-0.2, 0) is 16.2 Å². The van der Waals surface area contributed by atoms with Gasteiger partial charge in [0, 0.05) is 25.6 Å². The van der Waals surface area contributed by atoms with Gasteiger partial charge in [0.2, 0.25) is 0 Å². The number of benzene rings is 2. The molecule has 2 aromatic carbocycles. The van der Waals surface area contributed by atoms with E-state index in [1.54, 1.807) is 30.3 Å². The van der Waals surface area contributed by atoms with Crippen LogP contribution < -0.4 is 15.4 Å². The highest BCUT2D eigenvalue weighted by Crippen LogP contribution is 2.35. The number of thiocarbonyl (C=S) groups is 1. The molecule has 2 amide bonds. The van der Waals surface area contributed by atoms with E-state index in [9.17, 15) is 9.59 Å². The standard InChI is InChI=1S/C18H10Br2Cl2N2O3S/c19-10-3-9(4-12-16(25)23-18(28)24-17(12)26)15(13(20)5-10)27-7-8-1-2-11(21)6-14(8)22/h1-6H,7H2,(H2,23,24,25,26,28). The van der Waals surface area contributed by atoms with Crippen molar-refractivity contribution in [3.63, 3.8) is 0 Å². The molecule has 3 rings (SSSR count). The lowest BCUT2D eigenvalue weighted by Crippen LogP contribution is -2.51. The van der Waals surface area contributed by atoms with Gasteiger partial charge in [0.05, 0.1) is 4.47 Å². The molecule has 0 saturated carbocycles. The molecule has 0 atom stereocenters. The number of ether oxygens (including phenoxy) is 1. The van der Waals surface area contributed by atoms with Crippen molar-refractivity contribution in [3.8, 4) is 5.75 Å². The molecule has 5 nitrogen and oxygen atoms in total. The van der Waals surface area contributed by atoms with E-state index in [0.29, 0.717) is 25.8 Å². The van der Waals surface area contributed by atoms with E-state index in [4.69, 9.17) is 40.2 Å². The Balaban J connectivity index is 1.96. The van der Waals surface area contributed by atoms with Crippen molar-refractivity contribution < 1.29 is 14.3 Å². The summed E-state index contributed by atoms with van der Waals surface area (Å²) in [6.45, 7) is 0.162. The Bertz CT molecular complexity index is 1020. The fraction of sp³-hybridized carbons (Fsp3) is 0.0556. The molecule has 1 aliphatic rings. The summed E-state index contributed by atoms with van der Waals surface area (Å²) >= 11 is 23.8. The molecule has 0 radical (unpaired) electrons. The lowest BCUT2D eigenvalue weighted by molar-refractivity contribution is -0.123. The highest BCUT2D eigenvalue weighted by Gasteiger charge is 2.26. The fourth-order valence-corrected chi connectivity index (χ4v) is 4.41. The number of hydrogen-bond donors (Lipinski definition) is 2. The van der Waals surface area contributed by atoms with Crippen molar-refractivity contribution in [3.05, 3.63) is 66.0 Å². The van der Waals surface area contributed by atoms with Crippen molar-refractivity contribution in [1.29, 1.82) is 0 Å². The van der Waals surface area contributed by atoms with Gasteiger partial charge in [0.1, 0.15) is 17.9 Å². The van der Waals surface area contributed by atoms with Crippen molar-refractivity contribution in [1.82, 2.24) is 10.6 Å². The minimum Gasteiger partial charge on any atom is -0.487 e. The van der Waals surface area contributed by atoms with Gasteiger partial charge in [-0.05, 0) is 58.5 Å². The van der Waals surface area contributed by atoms with Gasteiger partial charge >= 0.3 is 0 Å². The van der Waals surface area contributed by atoms with E-state index >= 15 is 0 Å². The van der Waals surface area contributed by atoms with Gasteiger partial charge < -0.3 is 4.74 Å².